The number of aromatic nitrogens is 4. The molecule has 0 spiro atoms. The van der Waals surface area contributed by atoms with Crippen molar-refractivity contribution in [3.63, 3.8) is 0 Å². The number of nitrogens with one attached hydrogen (secondary N) is 3. The fourth-order valence-corrected chi connectivity index (χ4v) is 2.80. The van der Waals surface area contributed by atoms with Crippen LogP contribution in [0, 0.1) is 12.8 Å². The normalized spacial score (nSPS) is 19.6. The highest BCUT2D eigenvalue weighted by molar-refractivity contribution is 5.92. The Hall–Kier alpha value is -2.64. The van der Waals surface area contributed by atoms with Crippen LogP contribution in [0.1, 0.15) is 54.5 Å². The minimum Gasteiger partial charge on any atom is -0.348 e. The van der Waals surface area contributed by atoms with Gasteiger partial charge in [0.05, 0.1) is 0 Å². The Morgan fingerprint density at radius 2 is 2.04 bits per heavy atom. The zero-order valence-corrected chi connectivity index (χ0v) is 15.0. The Kier molecular flexibility index (Phi) is 4.61. The lowest BCUT2D eigenvalue weighted by atomic mass is 9.78. The molecule has 134 valence electrons. The maximum Gasteiger partial charge on any atom is 0.272 e. The van der Waals surface area contributed by atoms with E-state index in [1.54, 1.807) is 10.7 Å². The van der Waals surface area contributed by atoms with E-state index >= 15 is 0 Å². The molecule has 1 fully saturated rings. The predicted molar refractivity (Wildman–Crippen MR) is 93.2 cm³/mol. The molecule has 8 nitrogen and oxygen atoms in total. The summed E-state index contributed by atoms with van der Waals surface area (Å²) in [6.45, 7) is 5.59. The number of aryl methyl sites for hydroxylation is 2. The first-order valence-corrected chi connectivity index (χ1v) is 8.51. The topological polar surface area (TPSA) is 105 Å². The molecule has 0 saturated heterocycles. The van der Waals surface area contributed by atoms with Crippen LogP contribution in [0.3, 0.4) is 0 Å². The molecule has 1 saturated carbocycles. The Morgan fingerprint density at radius 3 is 2.64 bits per heavy atom. The number of H-pyrrole nitrogens is 1. The van der Waals surface area contributed by atoms with Crippen LogP contribution < -0.4 is 10.6 Å². The fourth-order valence-electron chi connectivity index (χ4n) is 2.80. The highest BCUT2D eigenvalue weighted by Crippen LogP contribution is 2.36. The van der Waals surface area contributed by atoms with Gasteiger partial charge in [0.2, 0.25) is 5.91 Å². The van der Waals surface area contributed by atoms with E-state index < -0.39 is 0 Å². The van der Waals surface area contributed by atoms with E-state index in [1.165, 1.54) is 0 Å². The summed E-state index contributed by atoms with van der Waals surface area (Å²) < 4.78 is 1.69. The number of anilines is 1. The Balaban J connectivity index is 1.50. The van der Waals surface area contributed by atoms with Gasteiger partial charge in [0.25, 0.3) is 5.91 Å². The van der Waals surface area contributed by atoms with Gasteiger partial charge in [0.15, 0.2) is 5.82 Å². The first-order chi connectivity index (χ1) is 11.8. The zero-order chi connectivity index (χ0) is 18.1. The third kappa shape index (κ3) is 3.72. The lowest BCUT2D eigenvalue weighted by molar-refractivity contribution is -0.118. The van der Waals surface area contributed by atoms with Crippen molar-refractivity contribution in [1.29, 1.82) is 0 Å². The van der Waals surface area contributed by atoms with E-state index in [2.05, 4.69) is 25.9 Å². The largest absolute Gasteiger partial charge is 0.348 e. The zero-order valence-electron chi connectivity index (χ0n) is 15.0. The molecule has 8 heteroatoms. The number of rotatable bonds is 5. The average molecular weight is 344 g/mol. The van der Waals surface area contributed by atoms with Crippen LogP contribution in [0.5, 0.6) is 0 Å². The monoisotopic (exact) mass is 344 g/mol. The molecular formula is C17H24N6O2. The molecule has 1 aliphatic carbocycles. The summed E-state index contributed by atoms with van der Waals surface area (Å²) in [6, 6.07) is 3.78. The first kappa shape index (κ1) is 17.2. The van der Waals surface area contributed by atoms with Crippen LogP contribution in [0.2, 0.25) is 0 Å². The minimum atomic E-state index is -0.137. The molecule has 0 atom stereocenters. The second-order valence-corrected chi connectivity index (χ2v) is 6.99. The summed E-state index contributed by atoms with van der Waals surface area (Å²) in [6.07, 6.45) is 1.69. The van der Waals surface area contributed by atoms with Crippen LogP contribution >= 0.6 is 0 Å². The summed E-state index contributed by atoms with van der Waals surface area (Å²) in [7, 11) is 1.82. The molecule has 0 bridgehead atoms. The minimum absolute atomic E-state index is 0.0533. The molecule has 0 aromatic carbocycles. The van der Waals surface area contributed by atoms with Gasteiger partial charge in [-0.3, -0.25) is 19.4 Å². The predicted octanol–water partition coefficient (Wildman–Crippen LogP) is 1.72. The van der Waals surface area contributed by atoms with Gasteiger partial charge in [-0.05, 0) is 25.8 Å². The molecule has 25 heavy (non-hydrogen) atoms. The van der Waals surface area contributed by atoms with Gasteiger partial charge in [0, 0.05) is 42.4 Å². The molecule has 0 radical (unpaired) electrons. The molecule has 3 N–H and O–H groups in total. The highest BCUT2D eigenvalue weighted by atomic mass is 16.2. The molecule has 2 aromatic rings. The smallest absolute Gasteiger partial charge is 0.272 e. The number of carbonyl (C=O) groups is 2. The van der Waals surface area contributed by atoms with Crippen molar-refractivity contribution in [1.82, 2.24) is 25.3 Å². The first-order valence-electron chi connectivity index (χ1n) is 8.51. The molecule has 2 heterocycles. The van der Waals surface area contributed by atoms with Gasteiger partial charge in [-0.25, -0.2) is 0 Å². The van der Waals surface area contributed by atoms with E-state index in [4.69, 9.17) is 0 Å². The van der Waals surface area contributed by atoms with Gasteiger partial charge in [0.1, 0.15) is 5.69 Å². The number of hydrogen-bond acceptors (Lipinski definition) is 4. The van der Waals surface area contributed by atoms with Crippen LogP contribution in [-0.4, -0.2) is 37.8 Å². The van der Waals surface area contributed by atoms with Crippen molar-refractivity contribution in [2.75, 3.05) is 5.32 Å². The molecule has 2 aromatic heterocycles. The Morgan fingerprint density at radius 1 is 1.32 bits per heavy atom. The van der Waals surface area contributed by atoms with Crippen LogP contribution in [0.15, 0.2) is 12.1 Å². The molecule has 0 unspecified atom stereocenters. The van der Waals surface area contributed by atoms with Crippen LogP contribution in [-0.2, 0) is 11.8 Å². The molecule has 0 aliphatic heterocycles. The molecular weight excluding hydrogens is 320 g/mol. The Bertz CT molecular complexity index is 765. The standard InChI is InChI=1S/C17H24N6O2/c1-9(2)16(24)19-15-8-13(20-21-15)11-6-12(7-11)18-17(25)14-5-10(3)23(4)22-14/h5,8-9,11-12H,6-7H2,1-4H3,(H,18,25)(H2,19,20,21,24). The van der Waals surface area contributed by atoms with Crippen molar-refractivity contribution in [3.8, 4) is 0 Å². The molecule has 1 aliphatic rings. The summed E-state index contributed by atoms with van der Waals surface area (Å²) >= 11 is 0. The van der Waals surface area contributed by atoms with E-state index in [0.717, 1.165) is 24.2 Å². The van der Waals surface area contributed by atoms with Gasteiger partial charge in [-0.1, -0.05) is 13.8 Å². The number of nitrogens with zero attached hydrogens (tertiary/aromatic N) is 3. The molecule has 2 amide bonds. The number of hydrogen-bond donors (Lipinski definition) is 3. The average Bonchev–Trinajstić information content (AvgIpc) is 3.09. The van der Waals surface area contributed by atoms with Crippen LogP contribution in [0.4, 0.5) is 5.82 Å². The third-order valence-corrected chi connectivity index (χ3v) is 4.63. The fraction of sp³-hybridized carbons (Fsp3) is 0.529. The second kappa shape index (κ2) is 6.70. The number of carbonyl (C=O) groups excluding carboxylic acids is 2. The highest BCUT2D eigenvalue weighted by Gasteiger charge is 2.33. The summed E-state index contributed by atoms with van der Waals surface area (Å²) in [4.78, 5) is 23.9. The van der Waals surface area contributed by atoms with Gasteiger partial charge < -0.3 is 10.6 Å². The van der Waals surface area contributed by atoms with Crippen molar-refractivity contribution in [3.05, 3.63) is 29.2 Å². The van der Waals surface area contributed by atoms with Gasteiger partial charge in [-0.15, -0.1) is 0 Å². The quantitative estimate of drug-likeness (QED) is 0.768. The second-order valence-electron chi connectivity index (χ2n) is 6.99. The van der Waals surface area contributed by atoms with Crippen LogP contribution in [0.25, 0.3) is 0 Å². The third-order valence-electron chi connectivity index (χ3n) is 4.63. The van der Waals surface area contributed by atoms with Crippen molar-refractivity contribution >= 4 is 17.6 Å². The van der Waals surface area contributed by atoms with Crippen molar-refractivity contribution in [2.45, 2.75) is 45.6 Å². The summed E-state index contributed by atoms with van der Waals surface area (Å²) in [5.41, 5.74) is 2.38. The van der Waals surface area contributed by atoms with E-state index in [0.29, 0.717) is 17.4 Å². The SMILES string of the molecule is Cc1cc(C(=O)NC2CC(c3cc(NC(=O)C(C)C)n[nH]3)C2)nn1C. The lowest BCUT2D eigenvalue weighted by Crippen LogP contribution is -2.43. The number of amides is 2. The van der Waals surface area contributed by atoms with E-state index in [-0.39, 0.29) is 23.8 Å². The Labute approximate surface area is 146 Å². The van der Waals surface area contributed by atoms with Crippen molar-refractivity contribution < 1.29 is 9.59 Å². The van der Waals surface area contributed by atoms with E-state index in [9.17, 15) is 9.59 Å². The molecule has 3 rings (SSSR count). The maximum absolute atomic E-state index is 12.2. The summed E-state index contributed by atoms with van der Waals surface area (Å²) in [5, 5.41) is 17.1. The number of aromatic amines is 1. The van der Waals surface area contributed by atoms with Gasteiger partial charge in [-0.2, -0.15) is 10.2 Å². The maximum atomic E-state index is 12.2. The summed E-state index contributed by atoms with van der Waals surface area (Å²) in [5.74, 6) is 0.584. The lowest BCUT2D eigenvalue weighted by Gasteiger charge is -2.34. The van der Waals surface area contributed by atoms with Gasteiger partial charge >= 0.3 is 0 Å². The van der Waals surface area contributed by atoms with Crippen molar-refractivity contribution in [2.24, 2.45) is 13.0 Å². The van der Waals surface area contributed by atoms with E-state index in [1.807, 2.05) is 33.9 Å².